The van der Waals surface area contributed by atoms with Crippen molar-refractivity contribution in [2.24, 2.45) is 0 Å². The third-order valence-corrected chi connectivity index (χ3v) is 3.00. The molecule has 0 aliphatic carbocycles. The number of aromatic nitrogens is 1. The first-order valence-electron chi connectivity index (χ1n) is 6.74. The summed E-state index contributed by atoms with van der Waals surface area (Å²) in [4.78, 5) is 26.8. The number of carbonyl (C=O) groups is 2. The lowest BCUT2D eigenvalue weighted by Gasteiger charge is -2.18. The van der Waals surface area contributed by atoms with Crippen LogP contribution in [0, 0.1) is 0 Å². The minimum Gasteiger partial charge on any atom is -0.480 e. The van der Waals surface area contributed by atoms with Crippen LogP contribution in [0.3, 0.4) is 0 Å². The van der Waals surface area contributed by atoms with E-state index in [9.17, 15) is 9.59 Å². The van der Waals surface area contributed by atoms with Gasteiger partial charge in [0.2, 0.25) is 0 Å². The van der Waals surface area contributed by atoms with Crippen molar-refractivity contribution in [1.29, 1.82) is 0 Å². The highest BCUT2D eigenvalue weighted by Gasteiger charge is 2.20. The van der Waals surface area contributed by atoms with Crippen LogP contribution in [0.4, 0.5) is 4.79 Å². The molecule has 1 aromatic heterocycles. The fourth-order valence-corrected chi connectivity index (χ4v) is 1.80. The summed E-state index contributed by atoms with van der Waals surface area (Å²) in [5, 5.41) is 14.3. The summed E-state index contributed by atoms with van der Waals surface area (Å²) >= 11 is 0. The zero-order valence-electron chi connectivity index (χ0n) is 11.8. The molecule has 2 atom stereocenters. The quantitative estimate of drug-likeness (QED) is 0.712. The van der Waals surface area contributed by atoms with Crippen molar-refractivity contribution in [2.45, 2.75) is 45.2 Å². The largest absolute Gasteiger partial charge is 0.480 e. The lowest BCUT2D eigenvalue weighted by molar-refractivity contribution is -0.139. The molecule has 3 N–H and O–H groups in total. The number of nitrogens with one attached hydrogen (secondary N) is 2. The molecule has 0 fully saturated rings. The first kappa shape index (κ1) is 15.9. The molecule has 2 amide bonds. The minimum atomic E-state index is -1.01. The molecule has 6 heteroatoms. The predicted octanol–water partition coefficient (Wildman–Crippen LogP) is 2.09. The standard InChI is InChI=1S/C14H21N3O3/c1-3-4-5-12(13(18)19)17-14(20)16-10(2)11-6-8-15-9-7-11/h6-10,12H,3-5H2,1-2H3,(H,18,19)(H2,16,17,20)/t10?,12-/m0/s1. The number of hydrogen-bond donors (Lipinski definition) is 3. The van der Waals surface area contributed by atoms with Gasteiger partial charge < -0.3 is 15.7 Å². The van der Waals surface area contributed by atoms with Crippen molar-refractivity contribution in [3.05, 3.63) is 30.1 Å². The van der Waals surface area contributed by atoms with Crippen LogP contribution in [0.2, 0.25) is 0 Å². The molecule has 1 heterocycles. The molecule has 0 saturated carbocycles. The SMILES string of the molecule is CCCC[C@H](NC(=O)NC(C)c1ccncc1)C(=O)O. The third-order valence-electron chi connectivity index (χ3n) is 3.00. The number of nitrogens with zero attached hydrogens (tertiary/aromatic N) is 1. The first-order valence-corrected chi connectivity index (χ1v) is 6.74. The molecule has 110 valence electrons. The Balaban J connectivity index is 2.51. The topological polar surface area (TPSA) is 91.3 Å². The van der Waals surface area contributed by atoms with Crippen LogP contribution in [0.5, 0.6) is 0 Å². The summed E-state index contributed by atoms with van der Waals surface area (Å²) in [5.74, 6) is -1.01. The first-order chi connectivity index (χ1) is 9.54. The van der Waals surface area contributed by atoms with Gasteiger partial charge in [0.05, 0.1) is 6.04 Å². The highest BCUT2D eigenvalue weighted by molar-refractivity contribution is 5.82. The lowest BCUT2D eigenvalue weighted by Crippen LogP contribution is -2.46. The van der Waals surface area contributed by atoms with E-state index in [1.54, 1.807) is 24.5 Å². The van der Waals surface area contributed by atoms with Gasteiger partial charge in [-0.2, -0.15) is 0 Å². The van der Waals surface area contributed by atoms with Gasteiger partial charge in [-0.1, -0.05) is 19.8 Å². The second-order valence-corrected chi connectivity index (χ2v) is 4.65. The molecule has 1 rings (SSSR count). The number of carboxylic acids is 1. The summed E-state index contributed by atoms with van der Waals surface area (Å²) in [7, 11) is 0. The summed E-state index contributed by atoms with van der Waals surface area (Å²) in [6, 6.07) is 2.07. The van der Waals surface area contributed by atoms with Crippen LogP contribution in [0.25, 0.3) is 0 Å². The van der Waals surface area contributed by atoms with E-state index in [4.69, 9.17) is 5.11 Å². The second kappa shape index (κ2) is 8.14. The summed E-state index contributed by atoms with van der Waals surface area (Å²) < 4.78 is 0. The summed E-state index contributed by atoms with van der Waals surface area (Å²) in [6.07, 6.45) is 5.37. The Bertz CT molecular complexity index is 437. The molecule has 1 unspecified atom stereocenters. The van der Waals surface area contributed by atoms with Gasteiger partial charge in [-0.05, 0) is 31.0 Å². The molecular weight excluding hydrogens is 258 g/mol. The monoisotopic (exact) mass is 279 g/mol. The van der Waals surface area contributed by atoms with Crippen molar-refractivity contribution in [3.8, 4) is 0 Å². The molecular formula is C14H21N3O3. The number of hydrogen-bond acceptors (Lipinski definition) is 3. The Hall–Kier alpha value is -2.11. The van der Waals surface area contributed by atoms with E-state index in [0.717, 1.165) is 18.4 Å². The average Bonchev–Trinajstić information content (AvgIpc) is 2.44. The zero-order valence-corrected chi connectivity index (χ0v) is 11.8. The number of aliphatic carboxylic acids is 1. The molecule has 0 aliphatic rings. The second-order valence-electron chi connectivity index (χ2n) is 4.65. The van der Waals surface area contributed by atoms with Crippen LogP contribution in [0.1, 0.15) is 44.7 Å². The van der Waals surface area contributed by atoms with Crippen LogP contribution in [-0.4, -0.2) is 28.1 Å². The number of pyridine rings is 1. The number of carbonyl (C=O) groups excluding carboxylic acids is 1. The van der Waals surface area contributed by atoms with Crippen molar-refractivity contribution in [3.63, 3.8) is 0 Å². The van der Waals surface area contributed by atoms with Crippen LogP contribution >= 0.6 is 0 Å². The minimum absolute atomic E-state index is 0.210. The predicted molar refractivity (Wildman–Crippen MR) is 75.3 cm³/mol. The molecule has 0 aromatic carbocycles. The van der Waals surface area contributed by atoms with E-state index in [1.165, 1.54) is 0 Å². The fourth-order valence-electron chi connectivity index (χ4n) is 1.80. The van der Waals surface area contributed by atoms with Crippen molar-refractivity contribution >= 4 is 12.0 Å². The highest BCUT2D eigenvalue weighted by atomic mass is 16.4. The number of rotatable bonds is 7. The molecule has 0 bridgehead atoms. The van der Waals surface area contributed by atoms with Gasteiger partial charge in [-0.15, -0.1) is 0 Å². The average molecular weight is 279 g/mol. The normalized spacial score (nSPS) is 13.3. The molecule has 0 spiro atoms. The van der Waals surface area contributed by atoms with E-state index in [0.29, 0.717) is 6.42 Å². The Kier molecular flexibility index (Phi) is 6.49. The van der Waals surface area contributed by atoms with E-state index in [1.807, 2.05) is 13.8 Å². The van der Waals surface area contributed by atoms with Crippen molar-refractivity contribution < 1.29 is 14.7 Å². The Morgan fingerprint density at radius 3 is 2.50 bits per heavy atom. The molecule has 0 radical (unpaired) electrons. The maximum atomic E-state index is 11.8. The molecule has 6 nitrogen and oxygen atoms in total. The molecule has 0 saturated heterocycles. The number of carboxylic acid groups (broad SMARTS) is 1. The summed E-state index contributed by atoms with van der Waals surface area (Å²) in [6.45, 7) is 3.81. The zero-order chi connectivity index (χ0) is 15.0. The van der Waals surface area contributed by atoms with Gasteiger partial charge in [0.1, 0.15) is 6.04 Å². The number of urea groups is 1. The lowest BCUT2D eigenvalue weighted by atomic mass is 10.1. The maximum Gasteiger partial charge on any atom is 0.326 e. The van der Waals surface area contributed by atoms with Gasteiger partial charge in [-0.25, -0.2) is 9.59 Å². The molecule has 20 heavy (non-hydrogen) atoms. The maximum absolute atomic E-state index is 11.8. The fraction of sp³-hybridized carbons (Fsp3) is 0.500. The molecule has 0 aliphatic heterocycles. The van der Waals surface area contributed by atoms with Gasteiger partial charge in [0, 0.05) is 12.4 Å². The molecule has 1 aromatic rings. The van der Waals surface area contributed by atoms with E-state index in [-0.39, 0.29) is 6.04 Å². The third kappa shape index (κ3) is 5.26. The highest BCUT2D eigenvalue weighted by Crippen LogP contribution is 2.10. The smallest absolute Gasteiger partial charge is 0.326 e. The van der Waals surface area contributed by atoms with Gasteiger partial charge in [-0.3, -0.25) is 4.98 Å². The summed E-state index contributed by atoms with van der Waals surface area (Å²) in [5.41, 5.74) is 0.913. The Labute approximate surface area is 118 Å². The van der Waals surface area contributed by atoms with E-state index in [2.05, 4.69) is 15.6 Å². The van der Waals surface area contributed by atoms with E-state index < -0.39 is 18.0 Å². The Morgan fingerprint density at radius 2 is 1.95 bits per heavy atom. The van der Waals surface area contributed by atoms with Crippen LogP contribution in [-0.2, 0) is 4.79 Å². The van der Waals surface area contributed by atoms with Crippen LogP contribution < -0.4 is 10.6 Å². The van der Waals surface area contributed by atoms with Crippen molar-refractivity contribution in [1.82, 2.24) is 15.6 Å². The number of unbranched alkanes of at least 4 members (excludes halogenated alkanes) is 1. The van der Waals surface area contributed by atoms with Crippen molar-refractivity contribution in [2.75, 3.05) is 0 Å². The van der Waals surface area contributed by atoms with Gasteiger partial charge in [0.15, 0.2) is 0 Å². The van der Waals surface area contributed by atoms with Crippen LogP contribution in [0.15, 0.2) is 24.5 Å². The van der Waals surface area contributed by atoms with Gasteiger partial charge in [0.25, 0.3) is 0 Å². The van der Waals surface area contributed by atoms with E-state index >= 15 is 0 Å². The Morgan fingerprint density at radius 1 is 1.30 bits per heavy atom. The van der Waals surface area contributed by atoms with Gasteiger partial charge >= 0.3 is 12.0 Å². The number of amides is 2.